The zero-order valence-electron chi connectivity index (χ0n) is 59.4. The molecule has 3 aliphatic rings. The first-order valence-electron chi connectivity index (χ1n) is 38.7. The maximum Gasteiger partial charge on any atom is 0.220 e. The number of aliphatic hydroxyl groups excluding tert-OH is 11. The molecule has 95 heavy (non-hydrogen) atoms. The first-order chi connectivity index (χ1) is 46.3. The predicted molar refractivity (Wildman–Crippen MR) is 374 cm³/mol. The second-order valence-electron chi connectivity index (χ2n) is 27.8. The van der Waals surface area contributed by atoms with Crippen LogP contribution in [0.1, 0.15) is 309 Å². The van der Waals surface area contributed by atoms with Crippen LogP contribution in [0, 0.1) is 0 Å². The number of carbonyl (C=O) groups is 1. The van der Waals surface area contributed by atoms with Crippen LogP contribution >= 0.6 is 0 Å². The quantitative estimate of drug-likeness (QED) is 0.0199. The van der Waals surface area contributed by atoms with Crippen LogP contribution in [0.5, 0.6) is 0 Å². The van der Waals surface area contributed by atoms with Crippen molar-refractivity contribution in [1.29, 1.82) is 0 Å². The highest BCUT2D eigenvalue weighted by Gasteiger charge is 2.54. The lowest BCUT2D eigenvalue weighted by Gasteiger charge is -2.48. The molecule has 0 aliphatic carbocycles. The standard InChI is InChI=1S/C76H141NO18/c1-3-5-7-9-11-13-15-17-19-21-22-23-24-25-26-27-28-29-30-31-32-33-34-35-36-38-39-41-43-45-47-49-51-53-60(81)59(77-64(82)54-52-50-48-46-44-42-40-37-20-18-16-14-12-10-8-6-4-2)58-90-74-70(88)67(85)72(62(56-79)92-74)95-76-71(89)68(86)73(63(57-80)93-76)94-75-69(87)66(84)65(83)61(55-78)91-75/h6,8,12,14,18,20,59-63,65-76,78-81,83-89H,3-5,7,9-11,13,15-17,19,21-58H2,1-2H3,(H,77,82)/b8-6-,14-12-,20-18-. The van der Waals surface area contributed by atoms with Crippen LogP contribution in [-0.2, 0) is 33.2 Å². The van der Waals surface area contributed by atoms with Gasteiger partial charge in [0, 0.05) is 6.42 Å². The largest absolute Gasteiger partial charge is 0.394 e. The summed E-state index contributed by atoms with van der Waals surface area (Å²) in [4.78, 5) is 13.4. The Hall–Kier alpha value is -1.99. The second-order valence-corrected chi connectivity index (χ2v) is 27.8. The molecule has 17 atom stereocenters. The van der Waals surface area contributed by atoms with Crippen molar-refractivity contribution in [2.24, 2.45) is 0 Å². The average molecular weight is 1360 g/mol. The van der Waals surface area contributed by atoms with Gasteiger partial charge in [0.25, 0.3) is 0 Å². The van der Waals surface area contributed by atoms with Gasteiger partial charge in [0.2, 0.25) is 5.91 Å². The van der Waals surface area contributed by atoms with Crippen LogP contribution in [0.3, 0.4) is 0 Å². The molecule has 558 valence electrons. The highest BCUT2D eigenvalue weighted by molar-refractivity contribution is 5.76. The van der Waals surface area contributed by atoms with Crippen molar-refractivity contribution in [1.82, 2.24) is 5.32 Å². The Morgan fingerprint density at radius 1 is 0.389 bits per heavy atom. The van der Waals surface area contributed by atoms with E-state index in [2.05, 4.69) is 55.6 Å². The molecule has 19 heteroatoms. The number of allylic oxidation sites excluding steroid dienone is 6. The van der Waals surface area contributed by atoms with Gasteiger partial charge >= 0.3 is 0 Å². The van der Waals surface area contributed by atoms with Gasteiger partial charge in [-0.3, -0.25) is 4.79 Å². The summed E-state index contributed by atoms with van der Waals surface area (Å²) in [7, 11) is 0. The van der Waals surface area contributed by atoms with Crippen LogP contribution in [0.2, 0.25) is 0 Å². The molecule has 0 saturated carbocycles. The fraction of sp³-hybridized carbons (Fsp3) is 0.908. The van der Waals surface area contributed by atoms with Crippen LogP contribution in [-0.4, -0.2) is 193 Å². The van der Waals surface area contributed by atoms with Gasteiger partial charge in [0.15, 0.2) is 18.9 Å². The van der Waals surface area contributed by atoms with Crippen molar-refractivity contribution < 1.29 is 89.4 Å². The van der Waals surface area contributed by atoms with E-state index in [9.17, 15) is 61.0 Å². The van der Waals surface area contributed by atoms with Gasteiger partial charge in [-0.25, -0.2) is 0 Å². The third kappa shape index (κ3) is 38.6. The molecule has 3 aliphatic heterocycles. The number of hydrogen-bond donors (Lipinski definition) is 12. The van der Waals surface area contributed by atoms with E-state index < -0.39 is 124 Å². The molecule has 0 aromatic rings. The van der Waals surface area contributed by atoms with Gasteiger partial charge in [0.1, 0.15) is 73.2 Å². The molecule has 0 bridgehead atoms. The number of carbonyl (C=O) groups excluding carboxylic acids is 1. The maximum atomic E-state index is 13.4. The van der Waals surface area contributed by atoms with E-state index in [4.69, 9.17) is 28.4 Å². The Labute approximate surface area is 574 Å². The minimum atomic E-state index is -1.97. The zero-order chi connectivity index (χ0) is 68.9. The molecule has 3 saturated heterocycles. The number of ether oxygens (including phenoxy) is 6. The molecule has 3 fully saturated rings. The number of unbranched alkanes of at least 4 members (excludes halogenated alkanes) is 39. The van der Waals surface area contributed by atoms with E-state index in [1.54, 1.807) is 0 Å². The summed E-state index contributed by atoms with van der Waals surface area (Å²) >= 11 is 0. The van der Waals surface area contributed by atoms with E-state index >= 15 is 0 Å². The number of rotatable bonds is 61. The topological polar surface area (TPSA) is 307 Å². The lowest BCUT2D eigenvalue weighted by atomic mass is 9.96. The lowest BCUT2D eigenvalue weighted by molar-refractivity contribution is -0.379. The molecule has 3 heterocycles. The SMILES string of the molecule is CC/C=C\C/C=C\C/C=C\CCCCCCCCCC(=O)NC(COC1OC(CO)C(OC2OC(CO)C(OC3OC(CO)C(O)C(O)C3O)C(O)C2O)C(O)C1O)C(O)CCCCCCCCCCCCCCCCCCCCCCCCCCCCCCCCCCC. The van der Waals surface area contributed by atoms with E-state index in [1.165, 1.54) is 186 Å². The molecule has 0 radical (unpaired) electrons. The van der Waals surface area contributed by atoms with E-state index in [-0.39, 0.29) is 18.9 Å². The Morgan fingerprint density at radius 3 is 1.14 bits per heavy atom. The van der Waals surface area contributed by atoms with Crippen molar-refractivity contribution in [3.63, 3.8) is 0 Å². The highest BCUT2D eigenvalue weighted by Crippen LogP contribution is 2.33. The van der Waals surface area contributed by atoms with Gasteiger partial charge in [-0.2, -0.15) is 0 Å². The molecule has 1 amide bonds. The zero-order valence-corrected chi connectivity index (χ0v) is 59.4. The summed E-state index contributed by atoms with van der Waals surface area (Å²) in [5, 5.41) is 121. The molecule has 3 rings (SSSR count). The lowest BCUT2D eigenvalue weighted by Crippen LogP contribution is -2.66. The van der Waals surface area contributed by atoms with Gasteiger partial charge in [-0.1, -0.05) is 294 Å². The molecule has 17 unspecified atom stereocenters. The number of hydrogen-bond acceptors (Lipinski definition) is 18. The second kappa shape index (κ2) is 57.6. The third-order valence-electron chi connectivity index (χ3n) is 19.5. The van der Waals surface area contributed by atoms with Crippen LogP contribution in [0.15, 0.2) is 36.5 Å². The Morgan fingerprint density at radius 2 is 0.726 bits per heavy atom. The van der Waals surface area contributed by atoms with Gasteiger partial charge in [0.05, 0.1) is 38.6 Å². The number of aliphatic hydroxyl groups is 11. The monoisotopic (exact) mass is 1360 g/mol. The fourth-order valence-corrected chi connectivity index (χ4v) is 13.3. The molecule has 0 aromatic carbocycles. The predicted octanol–water partition coefficient (Wildman–Crippen LogP) is 11.9. The minimum absolute atomic E-state index is 0.250. The molecule has 19 nitrogen and oxygen atoms in total. The first-order valence-corrected chi connectivity index (χ1v) is 38.7. The normalized spacial score (nSPS) is 27.4. The van der Waals surface area contributed by atoms with Crippen molar-refractivity contribution in [3.8, 4) is 0 Å². The fourth-order valence-electron chi connectivity index (χ4n) is 13.3. The Balaban J connectivity index is 1.35. The molecule has 12 N–H and O–H groups in total. The Kier molecular flexibility index (Phi) is 52.9. The summed E-state index contributed by atoms with van der Waals surface area (Å²) in [6.07, 6.45) is 42.5. The van der Waals surface area contributed by atoms with Gasteiger partial charge in [-0.15, -0.1) is 0 Å². The molecular formula is C76H141NO18. The van der Waals surface area contributed by atoms with Crippen molar-refractivity contribution in [3.05, 3.63) is 36.5 Å². The van der Waals surface area contributed by atoms with Crippen LogP contribution < -0.4 is 5.32 Å². The third-order valence-corrected chi connectivity index (χ3v) is 19.5. The summed E-state index contributed by atoms with van der Waals surface area (Å²) in [5.41, 5.74) is 0. The summed E-state index contributed by atoms with van der Waals surface area (Å²) < 4.78 is 34.5. The van der Waals surface area contributed by atoms with E-state index in [1.807, 2.05) is 0 Å². The summed E-state index contributed by atoms with van der Waals surface area (Å²) in [6.45, 7) is 1.72. The molecule has 0 spiro atoms. The van der Waals surface area contributed by atoms with Gasteiger partial charge in [-0.05, 0) is 44.9 Å². The summed E-state index contributed by atoms with van der Waals surface area (Å²) in [5.74, 6) is -0.250. The summed E-state index contributed by atoms with van der Waals surface area (Å²) in [6, 6.07) is -0.894. The van der Waals surface area contributed by atoms with Crippen molar-refractivity contribution in [2.75, 3.05) is 26.4 Å². The number of amides is 1. The van der Waals surface area contributed by atoms with Gasteiger partial charge < -0.3 is 89.9 Å². The first kappa shape index (κ1) is 87.2. The van der Waals surface area contributed by atoms with E-state index in [0.29, 0.717) is 12.8 Å². The minimum Gasteiger partial charge on any atom is -0.394 e. The molecular weight excluding hydrogens is 1210 g/mol. The van der Waals surface area contributed by atoms with Crippen LogP contribution in [0.4, 0.5) is 0 Å². The molecule has 0 aromatic heterocycles. The number of nitrogens with one attached hydrogen (secondary N) is 1. The smallest absolute Gasteiger partial charge is 0.220 e. The van der Waals surface area contributed by atoms with Crippen LogP contribution in [0.25, 0.3) is 0 Å². The maximum absolute atomic E-state index is 13.4. The Bertz CT molecular complexity index is 1860. The van der Waals surface area contributed by atoms with E-state index in [0.717, 1.165) is 89.9 Å². The van der Waals surface area contributed by atoms with Crippen molar-refractivity contribution in [2.45, 2.75) is 413 Å². The highest BCUT2D eigenvalue weighted by atomic mass is 16.8. The van der Waals surface area contributed by atoms with Crippen molar-refractivity contribution >= 4 is 5.91 Å². The average Bonchev–Trinajstić information content (AvgIpc) is 0.787.